The van der Waals surface area contributed by atoms with Gasteiger partial charge in [0.15, 0.2) is 0 Å². The average Bonchev–Trinajstić information content (AvgIpc) is 2.32. The molecule has 1 heterocycles. The maximum atomic E-state index is 12.1. The minimum atomic E-state index is -0.196. The number of phenols is 1. The summed E-state index contributed by atoms with van der Waals surface area (Å²) in [5.74, 6) is -0.00119. The van der Waals surface area contributed by atoms with Gasteiger partial charge in [0, 0.05) is 25.9 Å². The van der Waals surface area contributed by atoms with Crippen LogP contribution < -0.4 is 0 Å². The van der Waals surface area contributed by atoms with E-state index in [-0.39, 0.29) is 17.4 Å². The maximum Gasteiger partial charge on any atom is 0.257 e. The number of piperidine rings is 1. The zero-order valence-corrected chi connectivity index (χ0v) is 9.77. The highest BCUT2D eigenvalue weighted by Crippen LogP contribution is 2.21. The van der Waals surface area contributed by atoms with E-state index in [0.717, 1.165) is 5.56 Å². The third-order valence-electron chi connectivity index (χ3n) is 2.99. The molecule has 0 saturated carbocycles. The molecule has 0 spiro atoms. The lowest BCUT2D eigenvalue weighted by Gasteiger charge is -2.26. The number of phenolic OH excluding ortho intramolecular Hbond substituents is 1. The van der Waals surface area contributed by atoms with E-state index < -0.39 is 0 Å². The maximum absolute atomic E-state index is 12.1. The van der Waals surface area contributed by atoms with Gasteiger partial charge in [-0.2, -0.15) is 0 Å². The van der Waals surface area contributed by atoms with Crippen LogP contribution in [0.4, 0.5) is 0 Å². The van der Waals surface area contributed by atoms with Crippen molar-refractivity contribution in [3.63, 3.8) is 0 Å². The van der Waals surface area contributed by atoms with Crippen LogP contribution in [0.15, 0.2) is 18.2 Å². The van der Waals surface area contributed by atoms with Gasteiger partial charge in [0.25, 0.3) is 5.91 Å². The predicted molar refractivity (Wildman–Crippen MR) is 63.0 cm³/mol. The summed E-state index contributed by atoms with van der Waals surface area (Å²) in [5, 5.41) is 9.67. The quantitative estimate of drug-likeness (QED) is 0.799. The number of likely N-dealkylation sites (tertiary alicyclic amines) is 1. The first-order valence-electron chi connectivity index (χ1n) is 5.68. The van der Waals surface area contributed by atoms with Gasteiger partial charge in [-0.3, -0.25) is 9.59 Å². The first-order chi connectivity index (χ1) is 8.08. The van der Waals surface area contributed by atoms with Crippen LogP contribution in [-0.2, 0) is 4.79 Å². The standard InChI is InChI=1S/C13H15NO3/c1-9-2-3-12(16)11(8-9)13(17)14-6-4-10(15)5-7-14/h2-3,8,16H,4-7H2,1H3. The van der Waals surface area contributed by atoms with E-state index in [1.807, 2.05) is 6.92 Å². The van der Waals surface area contributed by atoms with Crippen LogP contribution in [0.25, 0.3) is 0 Å². The lowest BCUT2D eigenvalue weighted by atomic mass is 10.1. The number of carbonyl (C=O) groups is 2. The van der Waals surface area contributed by atoms with E-state index in [9.17, 15) is 14.7 Å². The Bertz CT molecular complexity index is 458. The molecule has 1 amide bonds. The summed E-state index contributed by atoms with van der Waals surface area (Å²) in [6.45, 7) is 2.77. The van der Waals surface area contributed by atoms with Gasteiger partial charge in [-0.15, -0.1) is 0 Å². The van der Waals surface area contributed by atoms with Crippen LogP contribution in [0.5, 0.6) is 5.75 Å². The Labute approximate surface area is 99.9 Å². The van der Waals surface area contributed by atoms with Gasteiger partial charge >= 0.3 is 0 Å². The molecule has 1 N–H and O–H groups in total. The van der Waals surface area contributed by atoms with Gasteiger partial charge in [0.2, 0.25) is 0 Å². The second kappa shape index (κ2) is 4.57. The van der Waals surface area contributed by atoms with Crippen LogP contribution in [-0.4, -0.2) is 34.8 Å². The van der Waals surface area contributed by atoms with Gasteiger partial charge in [-0.05, 0) is 19.1 Å². The van der Waals surface area contributed by atoms with E-state index in [2.05, 4.69) is 0 Å². The summed E-state index contributed by atoms with van der Waals surface area (Å²) in [5.41, 5.74) is 1.25. The number of aryl methyl sites for hydroxylation is 1. The van der Waals surface area contributed by atoms with Gasteiger partial charge in [-0.1, -0.05) is 11.6 Å². The van der Waals surface area contributed by atoms with Gasteiger partial charge in [0.05, 0.1) is 5.56 Å². The van der Waals surface area contributed by atoms with E-state index >= 15 is 0 Å². The molecule has 1 aliphatic rings. The van der Waals surface area contributed by atoms with E-state index in [1.165, 1.54) is 6.07 Å². The number of hydrogen-bond donors (Lipinski definition) is 1. The molecule has 0 aliphatic carbocycles. The molecule has 0 unspecified atom stereocenters. The van der Waals surface area contributed by atoms with Gasteiger partial charge in [-0.25, -0.2) is 0 Å². The number of amides is 1. The lowest BCUT2D eigenvalue weighted by Crippen LogP contribution is -2.38. The van der Waals surface area contributed by atoms with Crippen molar-refractivity contribution < 1.29 is 14.7 Å². The minimum absolute atomic E-state index is 0.00231. The highest BCUT2D eigenvalue weighted by Gasteiger charge is 2.23. The highest BCUT2D eigenvalue weighted by atomic mass is 16.3. The molecular formula is C13H15NO3. The molecule has 1 aromatic rings. The van der Waals surface area contributed by atoms with Gasteiger partial charge < -0.3 is 10.0 Å². The fourth-order valence-corrected chi connectivity index (χ4v) is 1.95. The van der Waals surface area contributed by atoms with Crippen molar-refractivity contribution in [1.29, 1.82) is 0 Å². The molecule has 4 nitrogen and oxygen atoms in total. The number of nitrogens with zero attached hydrogens (tertiary/aromatic N) is 1. The number of aromatic hydroxyl groups is 1. The fourth-order valence-electron chi connectivity index (χ4n) is 1.95. The Morgan fingerprint density at radius 1 is 1.29 bits per heavy atom. The average molecular weight is 233 g/mol. The van der Waals surface area contributed by atoms with Crippen LogP contribution in [0.2, 0.25) is 0 Å². The molecule has 1 aromatic carbocycles. The third-order valence-corrected chi connectivity index (χ3v) is 2.99. The Morgan fingerprint density at radius 3 is 2.59 bits per heavy atom. The predicted octanol–water partition coefficient (Wildman–Crippen LogP) is 1.51. The molecule has 0 atom stereocenters. The SMILES string of the molecule is Cc1ccc(O)c(C(=O)N2CCC(=O)CC2)c1. The van der Waals surface area contributed by atoms with Crippen LogP contribution in [0.3, 0.4) is 0 Å². The molecule has 4 heteroatoms. The van der Waals surface area contributed by atoms with Crippen molar-refractivity contribution in [3.05, 3.63) is 29.3 Å². The van der Waals surface area contributed by atoms with Crippen molar-refractivity contribution in [3.8, 4) is 5.75 Å². The monoisotopic (exact) mass is 233 g/mol. The van der Waals surface area contributed by atoms with Crippen molar-refractivity contribution in [1.82, 2.24) is 4.90 Å². The summed E-state index contributed by atoms with van der Waals surface area (Å²) in [7, 11) is 0. The zero-order valence-electron chi connectivity index (χ0n) is 9.77. The summed E-state index contributed by atoms with van der Waals surface area (Å²) in [4.78, 5) is 24.9. The second-order valence-electron chi connectivity index (χ2n) is 4.35. The molecular weight excluding hydrogens is 218 g/mol. The number of Topliss-reactive ketones (excluding diaryl/α,β-unsaturated/α-hetero) is 1. The Morgan fingerprint density at radius 2 is 1.94 bits per heavy atom. The molecule has 1 aliphatic heterocycles. The van der Waals surface area contributed by atoms with Crippen LogP contribution in [0.1, 0.15) is 28.8 Å². The van der Waals surface area contributed by atoms with Crippen molar-refractivity contribution in [2.24, 2.45) is 0 Å². The van der Waals surface area contributed by atoms with Crippen molar-refractivity contribution in [2.45, 2.75) is 19.8 Å². The van der Waals surface area contributed by atoms with E-state index in [1.54, 1.807) is 17.0 Å². The molecule has 1 saturated heterocycles. The number of ketones is 1. The van der Waals surface area contributed by atoms with Crippen molar-refractivity contribution in [2.75, 3.05) is 13.1 Å². The Hall–Kier alpha value is -1.84. The van der Waals surface area contributed by atoms with Gasteiger partial charge in [0.1, 0.15) is 11.5 Å². The number of carbonyl (C=O) groups excluding carboxylic acids is 2. The zero-order chi connectivity index (χ0) is 12.4. The Balaban J connectivity index is 2.19. The van der Waals surface area contributed by atoms with Crippen LogP contribution >= 0.6 is 0 Å². The molecule has 0 bridgehead atoms. The van der Waals surface area contributed by atoms with Crippen LogP contribution in [0, 0.1) is 6.92 Å². The molecule has 0 aromatic heterocycles. The fraction of sp³-hybridized carbons (Fsp3) is 0.385. The summed E-state index contributed by atoms with van der Waals surface area (Å²) in [6, 6.07) is 4.96. The largest absolute Gasteiger partial charge is 0.507 e. The lowest BCUT2D eigenvalue weighted by molar-refractivity contribution is -0.120. The highest BCUT2D eigenvalue weighted by molar-refractivity contribution is 5.98. The Kier molecular flexibility index (Phi) is 3.13. The molecule has 0 radical (unpaired) electrons. The summed E-state index contributed by atoms with van der Waals surface area (Å²) >= 11 is 0. The van der Waals surface area contributed by atoms with E-state index in [4.69, 9.17) is 0 Å². The first kappa shape index (κ1) is 11.6. The number of benzene rings is 1. The molecule has 17 heavy (non-hydrogen) atoms. The molecule has 1 fully saturated rings. The first-order valence-corrected chi connectivity index (χ1v) is 5.68. The molecule has 2 rings (SSSR count). The summed E-state index contributed by atoms with van der Waals surface area (Å²) < 4.78 is 0. The minimum Gasteiger partial charge on any atom is -0.507 e. The normalized spacial score (nSPS) is 16.1. The van der Waals surface area contributed by atoms with Crippen molar-refractivity contribution >= 4 is 11.7 Å². The summed E-state index contributed by atoms with van der Waals surface area (Å²) in [6.07, 6.45) is 0.830. The molecule has 90 valence electrons. The second-order valence-corrected chi connectivity index (χ2v) is 4.35. The number of hydrogen-bond acceptors (Lipinski definition) is 3. The van der Waals surface area contributed by atoms with E-state index in [0.29, 0.717) is 31.5 Å². The topological polar surface area (TPSA) is 57.6 Å². The number of rotatable bonds is 1. The smallest absolute Gasteiger partial charge is 0.257 e. The third kappa shape index (κ3) is 2.46.